The highest BCUT2D eigenvalue weighted by molar-refractivity contribution is 6.30. The number of carboxylic acid groups (broad SMARTS) is 1. The zero-order chi connectivity index (χ0) is 15.3. The quantitative estimate of drug-likeness (QED) is 0.914. The number of carbonyl (C=O) groups is 2. The molecule has 0 aliphatic carbocycles. The summed E-state index contributed by atoms with van der Waals surface area (Å²) in [6, 6.07) is 5.56. The summed E-state index contributed by atoms with van der Waals surface area (Å²) in [5.41, 5.74) is -0.0147. The van der Waals surface area contributed by atoms with Gasteiger partial charge in [0.15, 0.2) is 0 Å². The fourth-order valence-electron chi connectivity index (χ4n) is 1.54. The van der Waals surface area contributed by atoms with Crippen molar-refractivity contribution in [3.8, 4) is 0 Å². The molecule has 0 aliphatic heterocycles. The monoisotopic (exact) mass is 298 g/mol. The lowest BCUT2D eigenvalue weighted by atomic mass is 10.1. The van der Waals surface area contributed by atoms with Gasteiger partial charge >= 0.3 is 6.09 Å². The van der Waals surface area contributed by atoms with Crippen LogP contribution in [0.5, 0.6) is 0 Å². The van der Waals surface area contributed by atoms with Crippen molar-refractivity contribution in [2.24, 2.45) is 0 Å². The van der Waals surface area contributed by atoms with E-state index in [1.807, 2.05) is 0 Å². The van der Waals surface area contributed by atoms with Crippen molar-refractivity contribution >= 4 is 23.7 Å². The summed E-state index contributed by atoms with van der Waals surface area (Å²) >= 11 is 5.83. The fourth-order valence-corrected chi connectivity index (χ4v) is 1.76. The Hall–Kier alpha value is -1.75. The van der Waals surface area contributed by atoms with Crippen LogP contribution >= 0.6 is 11.6 Å². The Bertz CT molecular complexity index is 496. The summed E-state index contributed by atoms with van der Waals surface area (Å²) in [5, 5.41) is 13.8. The lowest BCUT2D eigenvalue weighted by Gasteiger charge is -2.24. The Kier molecular flexibility index (Phi) is 5.39. The van der Waals surface area contributed by atoms with Gasteiger partial charge in [-0.15, -0.1) is 0 Å². The normalized spacial score (nSPS) is 12.6. The Labute approximate surface area is 122 Å². The molecule has 0 spiro atoms. The van der Waals surface area contributed by atoms with Crippen LogP contribution in [0.2, 0.25) is 5.02 Å². The van der Waals surface area contributed by atoms with Crippen molar-refractivity contribution < 1.29 is 19.4 Å². The van der Waals surface area contributed by atoms with Crippen molar-refractivity contribution in [3.63, 3.8) is 0 Å². The van der Waals surface area contributed by atoms with Crippen molar-refractivity contribution in [2.75, 3.05) is 0 Å². The number of aliphatic carboxylic acids is 1. The Balaban J connectivity index is 2.71. The molecule has 1 atom stereocenters. The van der Waals surface area contributed by atoms with E-state index in [0.29, 0.717) is 10.6 Å². The summed E-state index contributed by atoms with van der Waals surface area (Å²) in [6.45, 7) is 5.08. The molecule has 1 aromatic carbocycles. The number of hydrogen-bond donors (Lipinski definition) is 1. The Morgan fingerprint density at radius 2 is 2.05 bits per heavy atom. The van der Waals surface area contributed by atoms with Crippen molar-refractivity contribution in [1.82, 2.24) is 5.32 Å². The van der Waals surface area contributed by atoms with E-state index in [1.165, 1.54) is 0 Å². The lowest BCUT2D eigenvalue weighted by Crippen LogP contribution is -2.50. The standard InChI is InChI=1S/C14H18ClNO4/c1-14(2,3)20-13(19)16-11(12(17)18)8-9-5-4-6-10(15)7-9/h4-7,11H,8H2,1-3H3,(H,16,19)(H,17,18)/p-1/t11-/m1/s1. The third-order valence-electron chi connectivity index (χ3n) is 2.30. The molecule has 0 fully saturated rings. The Morgan fingerprint density at radius 1 is 1.40 bits per heavy atom. The van der Waals surface area contributed by atoms with Crippen molar-refractivity contribution in [2.45, 2.75) is 38.8 Å². The van der Waals surface area contributed by atoms with Gasteiger partial charge in [0.2, 0.25) is 0 Å². The van der Waals surface area contributed by atoms with Crippen LogP contribution in [0.4, 0.5) is 4.79 Å². The van der Waals surface area contributed by atoms with Crippen LogP contribution in [0, 0.1) is 0 Å². The predicted octanol–water partition coefficient (Wildman–Crippen LogP) is 1.53. The number of ether oxygens (including phenoxy) is 1. The highest BCUT2D eigenvalue weighted by Gasteiger charge is 2.20. The van der Waals surface area contributed by atoms with E-state index in [-0.39, 0.29) is 6.42 Å². The third-order valence-corrected chi connectivity index (χ3v) is 2.54. The van der Waals surface area contributed by atoms with Gasteiger partial charge in [0.05, 0.1) is 12.0 Å². The number of rotatable bonds is 4. The number of alkyl carbamates (subject to hydrolysis) is 1. The molecule has 5 nitrogen and oxygen atoms in total. The minimum atomic E-state index is -1.38. The second-order valence-electron chi connectivity index (χ2n) is 5.35. The van der Waals surface area contributed by atoms with E-state index in [1.54, 1.807) is 45.0 Å². The number of amides is 1. The minimum Gasteiger partial charge on any atom is -0.548 e. The number of carboxylic acids is 1. The molecule has 1 amide bonds. The average molecular weight is 299 g/mol. The number of nitrogens with one attached hydrogen (secondary N) is 1. The summed E-state index contributed by atoms with van der Waals surface area (Å²) < 4.78 is 5.01. The van der Waals surface area contributed by atoms with Gasteiger partial charge in [-0.05, 0) is 44.9 Å². The largest absolute Gasteiger partial charge is 0.548 e. The molecule has 0 saturated heterocycles. The molecule has 1 rings (SSSR count). The predicted molar refractivity (Wildman–Crippen MR) is 73.3 cm³/mol. The smallest absolute Gasteiger partial charge is 0.408 e. The second-order valence-corrected chi connectivity index (χ2v) is 5.79. The maximum atomic E-state index is 11.6. The molecule has 0 unspecified atom stereocenters. The van der Waals surface area contributed by atoms with Gasteiger partial charge in [0.25, 0.3) is 0 Å². The molecule has 110 valence electrons. The number of carbonyl (C=O) groups excluding carboxylic acids is 2. The highest BCUT2D eigenvalue weighted by atomic mass is 35.5. The number of benzene rings is 1. The molecule has 0 heterocycles. The van der Waals surface area contributed by atoms with E-state index in [4.69, 9.17) is 16.3 Å². The molecule has 1 N–H and O–H groups in total. The molecule has 0 saturated carbocycles. The molecular formula is C14H17ClNO4-. The van der Waals surface area contributed by atoms with Crippen LogP contribution in [-0.4, -0.2) is 23.7 Å². The van der Waals surface area contributed by atoms with E-state index in [9.17, 15) is 14.7 Å². The third kappa shape index (κ3) is 5.93. The van der Waals surface area contributed by atoms with E-state index in [2.05, 4.69) is 5.32 Å². The van der Waals surface area contributed by atoms with Gasteiger partial charge in [-0.25, -0.2) is 4.79 Å². The van der Waals surface area contributed by atoms with Crippen LogP contribution in [0.15, 0.2) is 24.3 Å². The minimum absolute atomic E-state index is 0.0716. The zero-order valence-corrected chi connectivity index (χ0v) is 12.4. The van der Waals surface area contributed by atoms with Gasteiger partial charge in [-0.2, -0.15) is 0 Å². The van der Waals surface area contributed by atoms with Crippen LogP contribution < -0.4 is 10.4 Å². The van der Waals surface area contributed by atoms with Crippen LogP contribution in [0.25, 0.3) is 0 Å². The number of halogens is 1. The first-order valence-corrected chi connectivity index (χ1v) is 6.50. The second kappa shape index (κ2) is 6.61. The van der Waals surface area contributed by atoms with Gasteiger partial charge in [-0.1, -0.05) is 23.7 Å². The van der Waals surface area contributed by atoms with Crippen LogP contribution in [0.1, 0.15) is 26.3 Å². The summed E-state index contributed by atoms with van der Waals surface area (Å²) in [4.78, 5) is 22.7. The summed E-state index contributed by atoms with van der Waals surface area (Å²) in [5.74, 6) is -1.38. The maximum Gasteiger partial charge on any atom is 0.408 e. The fraction of sp³-hybridized carbons (Fsp3) is 0.429. The molecule has 6 heteroatoms. The molecule has 0 aliphatic rings. The van der Waals surface area contributed by atoms with Crippen molar-refractivity contribution in [1.29, 1.82) is 0 Å². The lowest BCUT2D eigenvalue weighted by molar-refractivity contribution is -0.308. The summed E-state index contributed by atoms with van der Waals surface area (Å²) in [7, 11) is 0. The molecular weight excluding hydrogens is 282 g/mol. The van der Waals surface area contributed by atoms with Crippen molar-refractivity contribution in [3.05, 3.63) is 34.9 Å². The summed E-state index contributed by atoms with van der Waals surface area (Å²) in [6.07, 6.45) is -0.726. The average Bonchev–Trinajstić information content (AvgIpc) is 2.25. The highest BCUT2D eigenvalue weighted by Crippen LogP contribution is 2.13. The van der Waals surface area contributed by atoms with E-state index in [0.717, 1.165) is 0 Å². The first-order chi connectivity index (χ1) is 9.17. The topological polar surface area (TPSA) is 78.5 Å². The maximum absolute atomic E-state index is 11.6. The van der Waals surface area contributed by atoms with E-state index >= 15 is 0 Å². The van der Waals surface area contributed by atoms with Crippen LogP contribution in [-0.2, 0) is 16.0 Å². The molecule has 1 aromatic rings. The van der Waals surface area contributed by atoms with Crippen LogP contribution in [0.3, 0.4) is 0 Å². The molecule has 20 heavy (non-hydrogen) atoms. The molecule has 0 radical (unpaired) electrons. The molecule has 0 bridgehead atoms. The first-order valence-electron chi connectivity index (χ1n) is 6.12. The van der Waals surface area contributed by atoms with Gasteiger partial charge in [-0.3, -0.25) is 0 Å². The first kappa shape index (κ1) is 16.3. The van der Waals surface area contributed by atoms with Gasteiger partial charge in [0, 0.05) is 5.02 Å². The van der Waals surface area contributed by atoms with E-state index < -0.39 is 23.7 Å². The van der Waals surface area contributed by atoms with Gasteiger partial charge < -0.3 is 20.0 Å². The number of hydrogen-bond acceptors (Lipinski definition) is 4. The van der Waals surface area contributed by atoms with Gasteiger partial charge in [0.1, 0.15) is 5.60 Å². The zero-order valence-electron chi connectivity index (χ0n) is 11.6. The molecule has 0 aromatic heterocycles. The SMILES string of the molecule is CC(C)(C)OC(=O)N[C@H](Cc1cccc(Cl)c1)C(=O)[O-]. The Morgan fingerprint density at radius 3 is 2.55 bits per heavy atom.